The van der Waals surface area contributed by atoms with Crippen LogP contribution in [0, 0.1) is 5.41 Å². The van der Waals surface area contributed by atoms with Crippen LogP contribution >= 0.6 is 0 Å². The molecule has 4 heteroatoms. The summed E-state index contributed by atoms with van der Waals surface area (Å²) in [7, 11) is 0. The third-order valence-corrected chi connectivity index (χ3v) is 2.79. The fourth-order valence-electron chi connectivity index (χ4n) is 1.79. The van der Waals surface area contributed by atoms with Crippen molar-refractivity contribution in [1.29, 1.82) is 0 Å². The van der Waals surface area contributed by atoms with Crippen molar-refractivity contribution >= 4 is 11.9 Å². The molecule has 0 aromatic heterocycles. The summed E-state index contributed by atoms with van der Waals surface area (Å²) in [6, 6.07) is 0. The number of carbonyl (C=O) groups is 2. The van der Waals surface area contributed by atoms with Crippen molar-refractivity contribution in [2.75, 3.05) is 0 Å². The summed E-state index contributed by atoms with van der Waals surface area (Å²) in [4.78, 5) is 21.6. The average Bonchev–Trinajstić information content (AvgIpc) is 2.08. The van der Waals surface area contributed by atoms with Crippen LogP contribution in [0.3, 0.4) is 0 Å². The average molecular weight is 198 g/mol. The van der Waals surface area contributed by atoms with E-state index in [2.05, 4.69) is 0 Å². The van der Waals surface area contributed by atoms with Crippen LogP contribution in [-0.4, -0.2) is 22.2 Å². The molecular weight excluding hydrogens is 184 g/mol. The SMILES string of the molecule is C[C@]1(C(=O)O)CCCC=C1CC(=O)O. The zero-order chi connectivity index (χ0) is 10.8. The third-order valence-electron chi connectivity index (χ3n) is 2.79. The van der Waals surface area contributed by atoms with Gasteiger partial charge in [-0.25, -0.2) is 0 Å². The van der Waals surface area contributed by atoms with Gasteiger partial charge in [0.05, 0.1) is 11.8 Å². The van der Waals surface area contributed by atoms with Crippen molar-refractivity contribution in [1.82, 2.24) is 0 Å². The first-order chi connectivity index (χ1) is 6.47. The first-order valence-electron chi connectivity index (χ1n) is 4.61. The van der Waals surface area contributed by atoms with E-state index in [1.54, 1.807) is 13.0 Å². The van der Waals surface area contributed by atoms with Gasteiger partial charge in [0.1, 0.15) is 0 Å². The van der Waals surface area contributed by atoms with Crippen molar-refractivity contribution in [2.45, 2.75) is 32.6 Å². The quantitative estimate of drug-likeness (QED) is 0.676. The molecule has 0 heterocycles. The Balaban J connectivity index is 2.93. The number of rotatable bonds is 3. The molecule has 2 N–H and O–H groups in total. The van der Waals surface area contributed by atoms with Gasteiger partial charge in [0.15, 0.2) is 0 Å². The molecule has 0 aromatic rings. The molecule has 1 atom stereocenters. The highest BCUT2D eigenvalue weighted by Crippen LogP contribution is 2.39. The van der Waals surface area contributed by atoms with Crippen LogP contribution in [0.2, 0.25) is 0 Å². The zero-order valence-corrected chi connectivity index (χ0v) is 8.12. The maximum Gasteiger partial charge on any atom is 0.313 e. The van der Waals surface area contributed by atoms with Gasteiger partial charge in [0, 0.05) is 0 Å². The first-order valence-corrected chi connectivity index (χ1v) is 4.61. The number of aliphatic carboxylic acids is 2. The van der Waals surface area contributed by atoms with E-state index >= 15 is 0 Å². The molecule has 0 saturated heterocycles. The standard InChI is InChI=1S/C10H14O4/c1-10(9(13)14)5-3-2-4-7(10)6-8(11)12/h4H,2-3,5-6H2,1H3,(H,11,12)(H,13,14)/t10-/m0/s1. The number of hydrogen-bond donors (Lipinski definition) is 2. The smallest absolute Gasteiger partial charge is 0.313 e. The summed E-state index contributed by atoms with van der Waals surface area (Å²) >= 11 is 0. The minimum atomic E-state index is -0.976. The van der Waals surface area contributed by atoms with Crippen LogP contribution in [0.1, 0.15) is 32.6 Å². The van der Waals surface area contributed by atoms with Gasteiger partial charge in [0.25, 0.3) is 0 Å². The highest BCUT2D eigenvalue weighted by atomic mass is 16.4. The second kappa shape index (κ2) is 3.82. The molecule has 0 radical (unpaired) electrons. The van der Waals surface area contributed by atoms with Crippen LogP contribution in [-0.2, 0) is 9.59 Å². The molecule has 0 unspecified atom stereocenters. The summed E-state index contributed by atoms with van der Waals surface area (Å²) in [6.07, 6.45) is 3.72. The largest absolute Gasteiger partial charge is 0.481 e. The first kappa shape index (κ1) is 10.8. The van der Waals surface area contributed by atoms with Gasteiger partial charge in [-0.2, -0.15) is 0 Å². The predicted molar refractivity (Wildman–Crippen MR) is 49.9 cm³/mol. The van der Waals surface area contributed by atoms with Gasteiger partial charge >= 0.3 is 11.9 Å². The predicted octanol–water partition coefficient (Wildman–Crippen LogP) is 1.66. The van der Waals surface area contributed by atoms with Crippen molar-refractivity contribution in [2.24, 2.45) is 5.41 Å². The Labute approximate surface area is 82.2 Å². The van der Waals surface area contributed by atoms with Gasteiger partial charge in [-0.3, -0.25) is 9.59 Å². The molecule has 0 spiro atoms. The van der Waals surface area contributed by atoms with Crippen molar-refractivity contribution in [3.63, 3.8) is 0 Å². The second-order valence-electron chi connectivity index (χ2n) is 3.83. The van der Waals surface area contributed by atoms with Gasteiger partial charge in [0.2, 0.25) is 0 Å². The summed E-state index contributed by atoms with van der Waals surface area (Å²) in [5.74, 6) is -1.89. The minimum absolute atomic E-state index is 0.164. The lowest BCUT2D eigenvalue weighted by Crippen LogP contribution is -2.32. The van der Waals surface area contributed by atoms with E-state index in [4.69, 9.17) is 10.2 Å². The Morgan fingerprint density at radius 3 is 2.64 bits per heavy atom. The van der Waals surface area contributed by atoms with E-state index in [9.17, 15) is 9.59 Å². The van der Waals surface area contributed by atoms with Crippen LogP contribution in [0.4, 0.5) is 0 Å². The van der Waals surface area contributed by atoms with Crippen molar-refractivity contribution in [3.05, 3.63) is 11.6 Å². The Kier molecular flexibility index (Phi) is 2.93. The monoisotopic (exact) mass is 198 g/mol. The number of carboxylic acid groups (broad SMARTS) is 2. The Morgan fingerprint density at radius 1 is 1.50 bits per heavy atom. The third kappa shape index (κ3) is 1.95. The molecule has 0 aromatic carbocycles. The lowest BCUT2D eigenvalue weighted by Gasteiger charge is -2.30. The minimum Gasteiger partial charge on any atom is -0.481 e. The van der Waals surface area contributed by atoms with Crippen LogP contribution in [0.25, 0.3) is 0 Å². The fourth-order valence-corrected chi connectivity index (χ4v) is 1.79. The molecule has 78 valence electrons. The molecule has 1 aliphatic rings. The van der Waals surface area contributed by atoms with E-state index in [1.807, 2.05) is 0 Å². The van der Waals surface area contributed by atoms with Gasteiger partial charge in [-0.05, 0) is 31.8 Å². The summed E-state index contributed by atoms with van der Waals surface area (Å²) in [5, 5.41) is 17.7. The van der Waals surface area contributed by atoms with Crippen LogP contribution in [0.15, 0.2) is 11.6 Å². The molecule has 0 amide bonds. The molecule has 0 fully saturated rings. The Hall–Kier alpha value is -1.32. The topological polar surface area (TPSA) is 74.6 Å². The fraction of sp³-hybridized carbons (Fsp3) is 0.600. The molecular formula is C10H14O4. The summed E-state index contributed by atoms with van der Waals surface area (Å²) < 4.78 is 0. The van der Waals surface area contributed by atoms with E-state index < -0.39 is 17.4 Å². The van der Waals surface area contributed by atoms with E-state index in [-0.39, 0.29) is 6.42 Å². The number of allylic oxidation sites excluding steroid dienone is 1. The number of hydrogen-bond acceptors (Lipinski definition) is 2. The molecule has 4 nitrogen and oxygen atoms in total. The van der Waals surface area contributed by atoms with E-state index in [0.717, 1.165) is 12.8 Å². The lowest BCUT2D eigenvalue weighted by atomic mass is 9.73. The summed E-state index contributed by atoms with van der Waals surface area (Å²) in [6.45, 7) is 1.60. The molecule has 0 bridgehead atoms. The maximum absolute atomic E-state index is 11.0. The molecule has 1 aliphatic carbocycles. The van der Waals surface area contributed by atoms with Crippen molar-refractivity contribution in [3.8, 4) is 0 Å². The van der Waals surface area contributed by atoms with Crippen LogP contribution < -0.4 is 0 Å². The normalized spacial score (nSPS) is 26.8. The van der Waals surface area contributed by atoms with Gasteiger partial charge < -0.3 is 10.2 Å². The maximum atomic E-state index is 11.0. The molecule has 1 rings (SSSR count). The van der Waals surface area contributed by atoms with Crippen molar-refractivity contribution < 1.29 is 19.8 Å². The lowest BCUT2D eigenvalue weighted by molar-refractivity contribution is -0.146. The highest BCUT2D eigenvalue weighted by Gasteiger charge is 2.38. The Bertz CT molecular complexity index is 292. The van der Waals surface area contributed by atoms with Gasteiger partial charge in [-0.1, -0.05) is 6.08 Å². The van der Waals surface area contributed by atoms with Crippen LogP contribution in [0.5, 0.6) is 0 Å². The molecule has 14 heavy (non-hydrogen) atoms. The second-order valence-corrected chi connectivity index (χ2v) is 3.83. The van der Waals surface area contributed by atoms with Gasteiger partial charge in [-0.15, -0.1) is 0 Å². The Morgan fingerprint density at radius 2 is 2.14 bits per heavy atom. The zero-order valence-electron chi connectivity index (χ0n) is 8.12. The molecule has 0 aliphatic heterocycles. The summed E-state index contributed by atoms with van der Waals surface area (Å²) in [5.41, 5.74) is -0.444. The highest BCUT2D eigenvalue weighted by molar-refractivity contribution is 5.81. The van der Waals surface area contributed by atoms with E-state index in [1.165, 1.54) is 0 Å². The van der Waals surface area contributed by atoms with E-state index in [0.29, 0.717) is 12.0 Å². The molecule has 0 saturated carbocycles. The number of carboxylic acids is 2.